The number of aromatic carboxylic acids is 1. The molecule has 0 atom stereocenters. The van der Waals surface area contributed by atoms with Crippen molar-refractivity contribution in [3.05, 3.63) is 93.8 Å². The lowest BCUT2D eigenvalue weighted by Gasteiger charge is -2.14. The van der Waals surface area contributed by atoms with Crippen LogP contribution in [0.5, 0.6) is 17.4 Å². The molecule has 8 heteroatoms. The number of pyridine rings is 1. The molecular formula is C25H20N2O6. The highest BCUT2D eigenvalue weighted by Crippen LogP contribution is 2.27. The van der Waals surface area contributed by atoms with Gasteiger partial charge in [0.05, 0.1) is 24.9 Å². The summed E-state index contributed by atoms with van der Waals surface area (Å²) in [6.07, 6.45) is 1.39. The Hall–Kier alpha value is -4.59. The molecule has 0 radical (unpaired) electrons. The number of carbonyl (C=O) groups is 1. The molecule has 0 fully saturated rings. The standard InChI is InChI=1S/C25H20N2O6/c1-33-17-9-6-15(7-10-17)14-27-23(29)19-5-3-2-4-18(19)21(24(27)30)13-26-16-8-11-20(25(31)32)22(28)12-16/h2-13,28,30H,14H2,1H3,(H,31,32). The molecule has 0 spiro atoms. The maximum atomic E-state index is 13.1. The van der Waals surface area contributed by atoms with Gasteiger partial charge in [-0.1, -0.05) is 30.3 Å². The third-order valence-electron chi connectivity index (χ3n) is 5.24. The van der Waals surface area contributed by atoms with Gasteiger partial charge in [-0.3, -0.25) is 14.4 Å². The summed E-state index contributed by atoms with van der Waals surface area (Å²) in [6.45, 7) is 0.133. The molecule has 0 bridgehead atoms. The Kier molecular flexibility index (Phi) is 5.82. The second-order valence-corrected chi connectivity index (χ2v) is 7.29. The van der Waals surface area contributed by atoms with Crippen LogP contribution in [0.25, 0.3) is 10.8 Å². The molecule has 8 nitrogen and oxygen atoms in total. The molecule has 0 aliphatic rings. The molecule has 0 amide bonds. The molecule has 33 heavy (non-hydrogen) atoms. The van der Waals surface area contributed by atoms with E-state index >= 15 is 0 Å². The molecule has 1 heterocycles. The van der Waals surface area contributed by atoms with Gasteiger partial charge in [-0.15, -0.1) is 0 Å². The predicted octanol–water partition coefficient (Wildman–Crippen LogP) is 3.92. The van der Waals surface area contributed by atoms with Crippen molar-refractivity contribution in [2.45, 2.75) is 6.54 Å². The molecule has 0 aliphatic heterocycles. The van der Waals surface area contributed by atoms with Crippen molar-refractivity contribution < 1.29 is 24.9 Å². The predicted molar refractivity (Wildman–Crippen MR) is 124 cm³/mol. The number of carboxylic acid groups (broad SMARTS) is 1. The van der Waals surface area contributed by atoms with Crippen LogP contribution in [0.4, 0.5) is 5.69 Å². The molecule has 4 aromatic rings. The molecule has 0 aliphatic carbocycles. The van der Waals surface area contributed by atoms with Crippen molar-refractivity contribution in [1.82, 2.24) is 4.57 Å². The molecule has 0 saturated heterocycles. The zero-order valence-electron chi connectivity index (χ0n) is 17.6. The number of rotatable bonds is 6. The van der Waals surface area contributed by atoms with Crippen LogP contribution in [0.1, 0.15) is 21.5 Å². The zero-order valence-corrected chi connectivity index (χ0v) is 17.6. The van der Waals surface area contributed by atoms with Crippen LogP contribution < -0.4 is 10.3 Å². The summed E-state index contributed by atoms with van der Waals surface area (Å²) in [5, 5.41) is 30.9. The number of carboxylic acids is 1. The van der Waals surface area contributed by atoms with E-state index in [0.29, 0.717) is 22.1 Å². The Bertz CT molecular complexity index is 1440. The zero-order chi connectivity index (χ0) is 23.5. The number of hydrogen-bond donors (Lipinski definition) is 3. The van der Waals surface area contributed by atoms with E-state index in [0.717, 1.165) is 5.56 Å². The van der Waals surface area contributed by atoms with E-state index in [4.69, 9.17) is 9.84 Å². The first-order valence-electron chi connectivity index (χ1n) is 9.97. The molecule has 166 valence electrons. The maximum absolute atomic E-state index is 13.1. The van der Waals surface area contributed by atoms with Gasteiger partial charge in [-0.2, -0.15) is 0 Å². The Morgan fingerprint density at radius 2 is 1.73 bits per heavy atom. The number of nitrogens with zero attached hydrogens (tertiary/aromatic N) is 2. The van der Waals surface area contributed by atoms with Gasteiger partial charge in [-0.05, 0) is 35.9 Å². The number of aliphatic imine (C=N–C) groups is 1. The van der Waals surface area contributed by atoms with Gasteiger partial charge in [-0.25, -0.2) is 4.79 Å². The largest absolute Gasteiger partial charge is 0.507 e. The second-order valence-electron chi connectivity index (χ2n) is 7.29. The number of ether oxygens (including phenoxy) is 1. The smallest absolute Gasteiger partial charge is 0.339 e. The lowest BCUT2D eigenvalue weighted by atomic mass is 10.1. The number of aromatic hydroxyl groups is 2. The van der Waals surface area contributed by atoms with Crippen molar-refractivity contribution in [1.29, 1.82) is 0 Å². The molecule has 1 aromatic heterocycles. The highest BCUT2D eigenvalue weighted by Gasteiger charge is 2.16. The normalized spacial score (nSPS) is 11.2. The second kappa shape index (κ2) is 8.88. The van der Waals surface area contributed by atoms with E-state index in [1.54, 1.807) is 55.6 Å². The van der Waals surface area contributed by atoms with Gasteiger partial charge in [0.25, 0.3) is 5.56 Å². The van der Waals surface area contributed by atoms with Crippen molar-refractivity contribution >= 4 is 28.6 Å². The molecule has 0 saturated carbocycles. The van der Waals surface area contributed by atoms with Gasteiger partial charge in [0, 0.05) is 23.1 Å². The van der Waals surface area contributed by atoms with Crippen molar-refractivity contribution in [2.24, 2.45) is 4.99 Å². The number of phenols is 1. The summed E-state index contributed by atoms with van der Waals surface area (Å²) in [5.74, 6) is -1.25. The maximum Gasteiger partial charge on any atom is 0.339 e. The molecular weight excluding hydrogens is 424 g/mol. The monoisotopic (exact) mass is 444 g/mol. The van der Waals surface area contributed by atoms with Gasteiger partial charge in [0.15, 0.2) is 0 Å². The first-order valence-corrected chi connectivity index (χ1v) is 9.97. The Morgan fingerprint density at radius 3 is 2.36 bits per heavy atom. The fourth-order valence-electron chi connectivity index (χ4n) is 3.52. The lowest BCUT2D eigenvalue weighted by Crippen LogP contribution is -2.22. The van der Waals surface area contributed by atoms with Gasteiger partial charge in [0.1, 0.15) is 17.1 Å². The average molecular weight is 444 g/mol. The highest BCUT2D eigenvalue weighted by atomic mass is 16.5. The summed E-state index contributed by atoms with van der Waals surface area (Å²) in [7, 11) is 1.56. The van der Waals surface area contributed by atoms with Crippen LogP contribution >= 0.6 is 0 Å². The van der Waals surface area contributed by atoms with Crippen LogP contribution in [-0.2, 0) is 6.54 Å². The minimum absolute atomic E-state index is 0.133. The van der Waals surface area contributed by atoms with Crippen molar-refractivity contribution in [2.75, 3.05) is 7.11 Å². The molecule has 0 unspecified atom stereocenters. The van der Waals surface area contributed by atoms with E-state index in [9.17, 15) is 19.8 Å². The van der Waals surface area contributed by atoms with Gasteiger partial charge in [0.2, 0.25) is 5.88 Å². The molecule has 3 N–H and O–H groups in total. The van der Waals surface area contributed by atoms with Gasteiger partial charge < -0.3 is 20.1 Å². The highest BCUT2D eigenvalue weighted by molar-refractivity contribution is 6.02. The number of fused-ring (bicyclic) bond motifs is 1. The molecule has 4 rings (SSSR count). The number of hydrogen-bond acceptors (Lipinski definition) is 6. The molecule has 3 aromatic carbocycles. The quantitative estimate of drug-likeness (QED) is 0.388. The van der Waals surface area contributed by atoms with Gasteiger partial charge >= 0.3 is 5.97 Å². The first-order chi connectivity index (χ1) is 15.9. The van der Waals surface area contributed by atoms with Crippen LogP contribution in [0, 0.1) is 0 Å². The topological polar surface area (TPSA) is 121 Å². The van der Waals surface area contributed by atoms with E-state index in [1.165, 1.54) is 29.0 Å². The SMILES string of the molecule is COc1ccc(Cn2c(O)c(C=Nc3ccc(C(=O)O)c(O)c3)c3ccccc3c2=O)cc1. The van der Waals surface area contributed by atoms with E-state index in [-0.39, 0.29) is 29.2 Å². The third-order valence-corrected chi connectivity index (χ3v) is 5.24. The fraction of sp³-hybridized carbons (Fsp3) is 0.0800. The average Bonchev–Trinajstić information content (AvgIpc) is 2.82. The van der Waals surface area contributed by atoms with E-state index in [2.05, 4.69) is 4.99 Å². The van der Waals surface area contributed by atoms with Crippen LogP contribution in [0.3, 0.4) is 0 Å². The van der Waals surface area contributed by atoms with Crippen LogP contribution in [0.15, 0.2) is 76.5 Å². The summed E-state index contributed by atoms with van der Waals surface area (Å²) < 4.78 is 6.42. The first kappa shape index (κ1) is 21.6. The Labute approximate surface area is 188 Å². The summed E-state index contributed by atoms with van der Waals surface area (Å²) in [4.78, 5) is 28.5. The summed E-state index contributed by atoms with van der Waals surface area (Å²) in [5.41, 5.74) is 0.810. The number of methoxy groups -OCH3 is 1. The van der Waals surface area contributed by atoms with Crippen molar-refractivity contribution in [3.8, 4) is 17.4 Å². The van der Waals surface area contributed by atoms with E-state index < -0.39 is 11.7 Å². The number of aromatic nitrogens is 1. The fourth-order valence-corrected chi connectivity index (χ4v) is 3.52. The number of benzene rings is 3. The summed E-state index contributed by atoms with van der Waals surface area (Å²) in [6, 6.07) is 17.9. The Morgan fingerprint density at radius 1 is 1.03 bits per heavy atom. The third kappa shape index (κ3) is 4.27. The van der Waals surface area contributed by atoms with Crippen LogP contribution in [0.2, 0.25) is 0 Å². The summed E-state index contributed by atoms with van der Waals surface area (Å²) >= 11 is 0. The van der Waals surface area contributed by atoms with Crippen molar-refractivity contribution in [3.63, 3.8) is 0 Å². The Balaban J connectivity index is 1.80. The van der Waals surface area contributed by atoms with E-state index in [1.807, 2.05) is 0 Å². The van der Waals surface area contributed by atoms with Crippen LogP contribution in [-0.4, -0.2) is 39.2 Å². The minimum atomic E-state index is -1.25. The lowest BCUT2D eigenvalue weighted by molar-refractivity contribution is 0.0694. The minimum Gasteiger partial charge on any atom is -0.507 e.